The van der Waals surface area contributed by atoms with Crippen LogP contribution in [0.15, 0.2) is 67.3 Å². The fraction of sp³-hybridized carbons (Fsp3) is 0.238. The molecule has 0 bridgehead atoms. The van der Waals surface area contributed by atoms with Gasteiger partial charge in [0.15, 0.2) is 4.84 Å². The summed E-state index contributed by atoms with van der Waals surface area (Å²) < 4.78 is 15.3. The fourth-order valence-corrected chi connectivity index (χ4v) is 3.07. The van der Waals surface area contributed by atoms with Crippen LogP contribution >= 0.6 is 23.2 Å². The Morgan fingerprint density at radius 3 is 2.24 bits per heavy atom. The Balaban J connectivity index is 1.68. The van der Waals surface area contributed by atoms with Crippen molar-refractivity contribution in [2.75, 3.05) is 6.67 Å². The second-order valence-corrected chi connectivity index (χ2v) is 7.67. The van der Waals surface area contributed by atoms with Gasteiger partial charge in [0, 0.05) is 18.9 Å². The zero-order chi connectivity index (χ0) is 20.8. The van der Waals surface area contributed by atoms with Crippen LogP contribution in [0.5, 0.6) is 0 Å². The van der Waals surface area contributed by atoms with Gasteiger partial charge in [-0.2, -0.15) is 0 Å². The summed E-state index contributed by atoms with van der Waals surface area (Å²) in [7, 11) is 0. The summed E-state index contributed by atoms with van der Waals surface area (Å²) >= 11 is 10.9. The van der Waals surface area contributed by atoms with Crippen molar-refractivity contribution in [2.24, 2.45) is 0 Å². The summed E-state index contributed by atoms with van der Waals surface area (Å²) in [6, 6.07) is 14.1. The lowest BCUT2D eigenvalue weighted by atomic mass is 9.98. The van der Waals surface area contributed by atoms with Crippen LogP contribution in [0.3, 0.4) is 0 Å². The number of aliphatic hydroxyl groups is 1. The van der Waals surface area contributed by atoms with Gasteiger partial charge in [0.05, 0.1) is 12.4 Å². The quantitative estimate of drug-likeness (QED) is 0.527. The Morgan fingerprint density at radius 2 is 1.72 bits per heavy atom. The van der Waals surface area contributed by atoms with Gasteiger partial charge in [-0.05, 0) is 22.3 Å². The first-order chi connectivity index (χ1) is 14.0. The molecule has 0 saturated carbocycles. The average Bonchev–Trinajstić information content (AvgIpc) is 3.25. The summed E-state index contributed by atoms with van der Waals surface area (Å²) in [6.45, 7) is -0.208. The van der Waals surface area contributed by atoms with Gasteiger partial charge in [-0.15, -0.1) is 0 Å². The molecule has 29 heavy (non-hydrogen) atoms. The van der Waals surface area contributed by atoms with Crippen molar-refractivity contribution in [3.05, 3.63) is 78.4 Å². The first kappa shape index (κ1) is 21.3. The first-order valence-corrected chi connectivity index (χ1v) is 9.83. The highest BCUT2D eigenvalue weighted by Gasteiger charge is 2.25. The van der Waals surface area contributed by atoms with E-state index in [4.69, 9.17) is 23.2 Å². The van der Waals surface area contributed by atoms with Crippen molar-refractivity contribution in [3.8, 4) is 11.1 Å². The molecule has 2 aromatic carbocycles. The molecule has 5 nitrogen and oxygen atoms in total. The van der Waals surface area contributed by atoms with E-state index in [0.717, 1.165) is 23.2 Å². The third-order valence-electron chi connectivity index (χ3n) is 4.54. The number of benzene rings is 2. The van der Waals surface area contributed by atoms with Crippen molar-refractivity contribution in [3.63, 3.8) is 0 Å². The predicted octanol–water partition coefficient (Wildman–Crippen LogP) is 3.89. The molecule has 2 atom stereocenters. The molecule has 0 aliphatic heterocycles. The smallest absolute Gasteiger partial charge is 0.253 e. The third-order valence-corrected chi connectivity index (χ3v) is 4.93. The van der Waals surface area contributed by atoms with E-state index < -0.39 is 29.6 Å². The molecule has 0 aliphatic carbocycles. The van der Waals surface area contributed by atoms with Gasteiger partial charge in [0.25, 0.3) is 5.91 Å². The molecule has 2 N–H and O–H groups in total. The Bertz CT molecular complexity index is 916. The van der Waals surface area contributed by atoms with E-state index in [2.05, 4.69) is 10.3 Å². The van der Waals surface area contributed by atoms with Crippen molar-refractivity contribution in [2.45, 2.75) is 23.5 Å². The van der Waals surface area contributed by atoms with Gasteiger partial charge >= 0.3 is 0 Å². The standard InChI is InChI=1S/C21H20Cl2FN3O2/c22-20(23)21(29)26-18(11-24)19(28)17-7-5-16(6-8-17)15-3-1-14(2-4-15)12-27-10-9-25-13-27/h1-10,13,18-20,28H,11-12H2,(H,26,29). The van der Waals surface area contributed by atoms with Crippen LogP contribution in [0.4, 0.5) is 4.39 Å². The largest absolute Gasteiger partial charge is 0.386 e. The molecule has 152 valence electrons. The predicted molar refractivity (Wildman–Crippen MR) is 112 cm³/mol. The molecule has 0 aliphatic rings. The summed E-state index contributed by atoms with van der Waals surface area (Å²) in [5, 5.41) is 12.7. The van der Waals surface area contributed by atoms with Crippen molar-refractivity contribution >= 4 is 29.1 Å². The number of alkyl halides is 3. The third kappa shape index (κ3) is 5.56. The minimum Gasteiger partial charge on any atom is -0.386 e. The van der Waals surface area contributed by atoms with E-state index in [9.17, 15) is 14.3 Å². The van der Waals surface area contributed by atoms with E-state index in [-0.39, 0.29) is 0 Å². The number of aliphatic hydroxyl groups excluding tert-OH is 1. The Hall–Kier alpha value is -2.41. The second-order valence-electron chi connectivity index (χ2n) is 6.57. The maximum atomic E-state index is 13.3. The summed E-state index contributed by atoms with van der Waals surface area (Å²) in [4.78, 5) is 14.3. The number of carbonyl (C=O) groups is 1. The Labute approximate surface area is 178 Å². The van der Waals surface area contributed by atoms with E-state index in [1.165, 1.54) is 0 Å². The average molecular weight is 436 g/mol. The fourth-order valence-electron chi connectivity index (χ4n) is 2.95. The summed E-state index contributed by atoms with van der Waals surface area (Å²) in [5.41, 5.74) is 3.60. The normalized spacial score (nSPS) is 13.3. The topological polar surface area (TPSA) is 67.2 Å². The minimum atomic E-state index is -1.32. The van der Waals surface area contributed by atoms with E-state index in [0.29, 0.717) is 5.56 Å². The monoisotopic (exact) mass is 435 g/mol. The maximum absolute atomic E-state index is 13.3. The number of nitrogens with one attached hydrogen (secondary N) is 1. The highest BCUT2D eigenvalue weighted by molar-refractivity contribution is 6.53. The molecular weight excluding hydrogens is 416 g/mol. The number of carbonyl (C=O) groups excluding carboxylic acids is 1. The van der Waals surface area contributed by atoms with Crippen molar-refractivity contribution in [1.29, 1.82) is 0 Å². The van der Waals surface area contributed by atoms with E-state index in [1.807, 2.05) is 47.2 Å². The zero-order valence-electron chi connectivity index (χ0n) is 15.4. The number of aromatic nitrogens is 2. The molecule has 0 spiro atoms. The number of rotatable bonds is 8. The lowest BCUT2D eigenvalue weighted by molar-refractivity contribution is -0.121. The molecule has 3 rings (SSSR count). The van der Waals surface area contributed by atoms with Gasteiger partial charge in [0.1, 0.15) is 12.8 Å². The van der Waals surface area contributed by atoms with Crippen LogP contribution in [0.1, 0.15) is 17.2 Å². The number of amides is 1. The Morgan fingerprint density at radius 1 is 1.10 bits per heavy atom. The van der Waals surface area contributed by atoms with Gasteiger partial charge in [0.2, 0.25) is 0 Å². The molecule has 1 heterocycles. The van der Waals surface area contributed by atoms with Crippen LogP contribution in [0.2, 0.25) is 0 Å². The van der Waals surface area contributed by atoms with E-state index >= 15 is 0 Å². The minimum absolute atomic E-state index is 0.481. The van der Waals surface area contributed by atoms with Crippen molar-refractivity contribution < 1.29 is 14.3 Å². The Kier molecular flexibility index (Phi) is 7.25. The molecule has 1 aromatic heterocycles. The molecule has 8 heteroatoms. The summed E-state index contributed by atoms with van der Waals surface area (Å²) in [5.74, 6) is -0.748. The molecule has 3 aromatic rings. The molecule has 0 radical (unpaired) electrons. The van der Waals surface area contributed by atoms with E-state index in [1.54, 1.807) is 24.7 Å². The highest BCUT2D eigenvalue weighted by atomic mass is 35.5. The molecule has 1 amide bonds. The van der Waals surface area contributed by atoms with Gasteiger partial charge in [-0.3, -0.25) is 4.79 Å². The number of nitrogens with zero attached hydrogens (tertiary/aromatic N) is 2. The molecule has 0 fully saturated rings. The second kappa shape index (κ2) is 9.87. The number of hydrogen-bond donors (Lipinski definition) is 2. The highest BCUT2D eigenvalue weighted by Crippen LogP contribution is 2.24. The molecule has 2 unspecified atom stereocenters. The summed E-state index contributed by atoms with van der Waals surface area (Å²) in [6.07, 6.45) is 4.20. The number of imidazole rings is 1. The van der Waals surface area contributed by atoms with Crippen LogP contribution in [-0.4, -0.2) is 38.1 Å². The van der Waals surface area contributed by atoms with Crippen LogP contribution in [-0.2, 0) is 11.3 Å². The van der Waals surface area contributed by atoms with Crippen molar-refractivity contribution in [1.82, 2.24) is 14.9 Å². The number of hydrogen-bond acceptors (Lipinski definition) is 3. The zero-order valence-corrected chi connectivity index (χ0v) is 16.9. The lowest BCUT2D eigenvalue weighted by Crippen LogP contribution is -2.43. The maximum Gasteiger partial charge on any atom is 0.253 e. The SMILES string of the molecule is O=C(NC(CF)C(O)c1ccc(-c2ccc(Cn3ccnc3)cc2)cc1)C(Cl)Cl. The molecule has 0 saturated heterocycles. The number of halogens is 3. The lowest BCUT2D eigenvalue weighted by Gasteiger charge is -2.22. The first-order valence-electron chi connectivity index (χ1n) is 8.95. The van der Waals surface area contributed by atoms with Gasteiger partial charge in [-0.1, -0.05) is 71.7 Å². The van der Waals surface area contributed by atoms with Gasteiger partial charge in [-0.25, -0.2) is 9.37 Å². The van der Waals surface area contributed by atoms with Crippen LogP contribution in [0.25, 0.3) is 11.1 Å². The van der Waals surface area contributed by atoms with Crippen LogP contribution in [0, 0.1) is 0 Å². The van der Waals surface area contributed by atoms with Gasteiger partial charge < -0.3 is 15.0 Å². The van der Waals surface area contributed by atoms with Crippen LogP contribution < -0.4 is 5.32 Å². The molecular formula is C21H20Cl2FN3O2.